The van der Waals surface area contributed by atoms with Gasteiger partial charge in [-0.05, 0) is 5.92 Å². The molecule has 0 amide bonds. The van der Waals surface area contributed by atoms with Crippen molar-refractivity contribution in [2.45, 2.75) is 33.1 Å². The molecule has 0 saturated heterocycles. The number of aromatic nitrogens is 3. The topological polar surface area (TPSA) is 47.8 Å². The number of carbonyl (C=O) groups excluding carboxylic acids is 1. The lowest BCUT2D eigenvalue weighted by Gasteiger charge is -2.06. The molecule has 0 aromatic carbocycles. The Kier molecular flexibility index (Phi) is 3.80. The Balaban J connectivity index is 2.45. The number of carbonyl (C=O) groups is 1. The molecule has 4 heteroatoms. The highest BCUT2D eigenvalue weighted by atomic mass is 16.1. The second-order valence-electron chi connectivity index (χ2n) is 3.73. The van der Waals surface area contributed by atoms with Gasteiger partial charge < -0.3 is 0 Å². The molecule has 0 aliphatic rings. The zero-order valence-corrected chi connectivity index (χ0v) is 9.03. The summed E-state index contributed by atoms with van der Waals surface area (Å²) in [5.41, 5.74) is 0. The van der Waals surface area contributed by atoms with Crippen LogP contribution in [0.2, 0.25) is 0 Å². The van der Waals surface area contributed by atoms with Crippen molar-refractivity contribution in [1.29, 1.82) is 0 Å². The minimum absolute atomic E-state index is 0.246. The Morgan fingerprint density at radius 2 is 2.36 bits per heavy atom. The van der Waals surface area contributed by atoms with E-state index in [-0.39, 0.29) is 5.78 Å². The molecule has 1 aromatic heterocycles. The predicted molar refractivity (Wildman–Crippen MR) is 53.8 cm³/mol. The van der Waals surface area contributed by atoms with Gasteiger partial charge in [0, 0.05) is 13.5 Å². The Bertz CT molecular complexity index is 306. The highest BCUT2D eigenvalue weighted by Gasteiger charge is 2.11. The molecule has 1 heterocycles. The van der Waals surface area contributed by atoms with E-state index in [9.17, 15) is 4.79 Å². The van der Waals surface area contributed by atoms with Crippen molar-refractivity contribution in [2.75, 3.05) is 0 Å². The van der Waals surface area contributed by atoms with Gasteiger partial charge in [-0.1, -0.05) is 20.3 Å². The number of ketones is 1. The molecule has 1 rings (SSSR count). The minimum atomic E-state index is 0.246. The van der Waals surface area contributed by atoms with Gasteiger partial charge in [0.1, 0.15) is 17.9 Å². The number of aryl methyl sites for hydroxylation is 1. The van der Waals surface area contributed by atoms with Gasteiger partial charge in [-0.3, -0.25) is 9.48 Å². The van der Waals surface area contributed by atoms with Gasteiger partial charge >= 0.3 is 0 Å². The van der Waals surface area contributed by atoms with Gasteiger partial charge in [0.15, 0.2) is 0 Å². The Labute approximate surface area is 84.3 Å². The third kappa shape index (κ3) is 2.94. The molecule has 0 aliphatic heterocycles. The van der Waals surface area contributed by atoms with Crippen LogP contribution < -0.4 is 0 Å². The Hall–Kier alpha value is -1.19. The second kappa shape index (κ2) is 4.88. The van der Waals surface area contributed by atoms with Crippen LogP contribution in [0.3, 0.4) is 0 Å². The molecule has 1 unspecified atom stereocenters. The fourth-order valence-electron chi connectivity index (χ4n) is 1.26. The maximum Gasteiger partial charge on any atom is 0.140 e. The summed E-state index contributed by atoms with van der Waals surface area (Å²) in [4.78, 5) is 15.6. The molecule has 0 aliphatic carbocycles. The molecule has 0 saturated carbocycles. The van der Waals surface area contributed by atoms with Gasteiger partial charge in [0.05, 0.1) is 6.42 Å². The van der Waals surface area contributed by atoms with Crippen molar-refractivity contribution >= 4 is 5.78 Å². The fourth-order valence-corrected chi connectivity index (χ4v) is 1.26. The lowest BCUT2D eigenvalue weighted by Crippen LogP contribution is -2.11. The molecule has 1 aromatic rings. The number of nitrogens with zero attached hydrogens (tertiary/aromatic N) is 3. The third-order valence-electron chi connectivity index (χ3n) is 2.43. The van der Waals surface area contributed by atoms with Gasteiger partial charge in [-0.15, -0.1) is 0 Å². The van der Waals surface area contributed by atoms with E-state index < -0.39 is 0 Å². The normalized spacial score (nSPS) is 12.8. The van der Waals surface area contributed by atoms with Crippen LogP contribution >= 0.6 is 0 Å². The van der Waals surface area contributed by atoms with Crippen LogP contribution in [0.5, 0.6) is 0 Å². The summed E-state index contributed by atoms with van der Waals surface area (Å²) in [6, 6.07) is 0. The Morgan fingerprint density at radius 3 is 2.86 bits per heavy atom. The number of hydrogen-bond donors (Lipinski definition) is 0. The molecule has 0 radical (unpaired) electrons. The molecular formula is C10H17N3O. The van der Waals surface area contributed by atoms with Crippen molar-refractivity contribution in [3.8, 4) is 0 Å². The van der Waals surface area contributed by atoms with Crippen LogP contribution in [0.25, 0.3) is 0 Å². The maximum absolute atomic E-state index is 11.6. The van der Waals surface area contributed by atoms with Crippen molar-refractivity contribution in [1.82, 2.24) is 14.8 Å². The maximum atomic E-state index is 11.6. The monoisotopic (exact) mass is 195 g/mol. The van der Waals surface area contributed by atoms with E-state index in [0.29, 0.717) is 18.8 Å². The molecule has 78 valence electrons. The largest absolute Gasteiger partial charge is 0.299 e. The first-order valence-corrected chi connectivity index (χ1v) is 4.98. The van der Waals surface area contributed by atoms with E-state index in [1.807, 2.05) is 0 Å². The molecule has 0 N–H and O–H groups in total. The lowest BCUT2D eigenvalue weighted by atomic mass is 10.0. The SMILES string of the molecule is CCC(C)CC(=O)Cc1ncnn1C. The van der Waals surface area contributed by atoms with Crippen LogP contribution in [0.1, 0.15) is 32.5 Å². The lowest BCUT2D eigenvalue weighted by molar-refractivity contribution is -0.119. The molecular weight excluding hydrogens is 178 g/mol. The van der Waals surface area contributed by atoms with Crippen LogP contribution in [0.15, 0.2) is 6.33 Å². The number of rotatable bonds is 5. The first-order chi connectivity index (χ1) is 6.63. The van der Waals surface area contributed by atoms with Crippen molar-refractivity contribution < 1.29 is 4.79 Å². The van der Waals surface area contributed by atoms with Crippen molar-refractivity contribution in [3.05, 3.63) is 12.2 Å². The van der Waals surface area contributed by atoms with Gasteiger partial charge in [0.2, 0.25) is 0 Å². The molecule has 0 spiro atoms. The summed E-state index contributed by atoms with van der Waals surface area (Å²) in [5.74, 6) is 1.46. The van der Waals surface area contributed by atoms with Crippen molar-refractivity contribution in [3.63, 3.8) is 0 Å². The highest BCUT2D eigenvalue weighted by molar-refractivity contribution is 5.80. The molecule has 0 fully saturated rings. The van der Waals surface area contributed by atoms with Crippen LogP contribution in [0.4, 0.5) is 0 Å². The molecule has 14 heavy (non-hydrogen) atoms. The van der Waals surface area contributed by atoms with Crippen LogP contribution in [-0.4, -0.2) is 20.5 Å². The molecule has 1 atom stereocenters. The molecule has 0 bridgehead atoms. The first kappa shape index (κ1) is 10.9. The summed E-state index contributed by atoms with van der Waals surface area (Å²) in [7, 11) is 1.80. The summed E-state index contributed by atoms with van der Waals surface area (Å²) < 4.78 is 1.65. The van der Waals surface area contributed by atoms with Gasteiger partial charge in [-0.25, -0.2) is 4.98 Å². The fraction of sp³-hybridized carbons (Fsp3) is 0.700. The van der Waals surface area contributed by atoms with Crippen LogP contribution in [-0.2, 0) is 18.3 Å². The summed E-state index contributed by atoms with van der Waals surface area (Å²) in [6.07, 6.45) is 3.57. The average Bonchev–Trinajstić information content (AvgIpc) is 2.51. The highest BCUT2D eigenvalue weighted by Crippen LogP contribution is 2.08. The summed E-state index contributed by atoms with van der Waals surface area (Å²) in [5, 5.41) is 3.92. The quantitative estimate of drug-likeness (QED) is 0.712. The standard InChI is InChI=1S/C10H17N3O/c1-4-8(2)5-9(14)6-10-11-7-12-13(10)3/h7-8H,4-6H2,1-3H3. The molecule has 4 nitrogen and oxygen atoms in total. The zero-order valence-electron chi connectivity index (χ0n) is 9.03. The van der Waals surface area contributed by atoms with Crippen LogP contribution in [0, 0.1) is 5.92 Å². The smallest absolute Gasteiger partial charge is 0.140 e. The minimum Gasteiger partial charge on any atom is -0.299 e. The van der Waals surface area contributed by atoms with E-state index >= 15 is 0 Å². The Morgan fingerprint density at radius 1 is 1.64 bits per heavy atom. The third-order valence-corrected chi connectivity index (χ3v) is 2.43. The van der Waals surface area contributed by atoms with Gasteiger partial charge in [-0.2, -0.15) is 5.10 Å². The average molecular weight is 195 g/mol. The van der Waals surface area contributed by atoms with Crippen molar-refractivity contribution in [2.24, 2.45) is 13.0 Å². The van der Waals surface area contributed by atoms with Gasteiger partial charge in [0.25, 0.3) is 0 Å². The number of hydrogen-bond acceptors (Lipinski definition) is 3. The van der Waals surface area contributed by atoms with E-state index in [1.165, 1.54) is 6.33 Å². The van der Waals surface area contributed by atoms with E-state index in [1.54, 1.807) is 11.7 Å². The second-order valence-corrected chi connectivity index (χ2v) is 3.73. The predicted octanol–water partition coefficient (Wildman–Crippen LogP) is 1.36. The number of Topliss-reactive ketones (excluding diaryl/α,β-unsaturated/α-hetero) is 1. The van der Waals surface area contributed by atoms with E-state index in [2.05, 4.69) is 23.9 Å². The van der Waals surface area contributed by atoms with E-state index in [4.69, 9.17) is 0 Å². The summed E-state index contributed by atoms with van der Waals surface area (Å²) in [6.45, 7) is 4.19. The van der Waals surface area contributed by atoms with E-state index in [0.717, 1.165) is 12.2 Å². The zero-order chi connectivity index (χ0) is 10.6. The first-order valence-electron chi connectivity index (χ1n) is 4.98. The summed E-state index contributed by atoms with van der Waals surface area (Å²) >= 11 is 0.